The molecule has 0 spiro atoms. The molecule has 0 saturated heterocycles. The molecule has 2 aromatic rings. The SMILES string of the molecule is Fc1cccc(/N=C/c2cccc(Cl)c2)c1. The monoisotopic (exact) mass is 233 g/mol. The number of benzene rings is 2. The van der Waals surface area contributed by atoms with E-state index in [4.69, 9.17) is 11.6 Å². The first-order chi connectivity index (χ1) is 7.74. The number of halogens is 2. The van der Waals surface area contributed by atoms with Gasteiger partial charge in [-0.25, -0.2) is 4.39 Å². The molecule has 0 unspecified atom stereocenters. The maximum atomic E-state index is 12.9. The fourth-order valence-corrected chi connectivity index (χ4v) is 1.49. The molecule has 0 saturated carbocycles. The van der Waals surface area contributed by atoms with Gasteiger partial charge < -0.3 is 0 Å². The van der Waals surface area contributed by atoms with Crippen molar-refractivity contribution >= 4 is 23.5 Å². The van der Waals surface area contributed by atoms with Crippen molar-refractivity contribution in [2.45, 2.75) is 0 Å². The number of rotatable bonds is 2. The zero-order valence-corrected chi connectivity index (χ0v) is 9.16. The van der Waals surface area contributed by atoms with E-state index in [1.54, 1.807) is 30.5 Å². The van der Waals surface area contributed by atoms with E-state index in [1.807, 2.05) is 12.1 Å². The Hall–Kier alpha value is -1.67. The molecule has 3 heteroatoms. The smallest absolute Gasteiger partial charge is 0.125 e. The molecular weight excluding hydrogens is 225 g/mol. The number of hydrogen-bond acceptors (Lipinski definition) is 1. The van der Waals surface area contributed by atoms with Crippen molar-refractivity contribution in [1.82, 2.24) is 0 Å². The lowest BCUT2D eigenvalue weighted by Gasteiger charge is -1.95. The topological polar surface area (TPSA) is 12.4 Å². The van der Waals surface area contributed by atoms with E-state index in [0.29, 0.717) is 10.7 Å². The average Bonchev–Trinajstić information content (AvgIpc) is 2.27. The minimum absolute atomic E-state index is 0.291. The van der Waals surface area contributed by atoms with Gasteiger partial charge in [-0.15, -0.1) is 0 Å². The summed E-state index contributed by atoms with van der Waals surface area (Å²) in [5.74, 6) is -0.291. The first-order valence-electron chi connectivity index (χ1n) is 4.79. The maximum absolute atomic E-state index is 12.9. The largest absolute Gasteiger partial charge is 0.256 e. The van der Waals surface area contributed by atoms with Crippen LogP contribution in [0.25, 0.3) is 0 Å². The zero-order valence-electron chi connectivity index (χ0n) is 8.40. The van der Waals surface area contributed by atoms with E-state index < -0.39 is 0 Å². The van der Waals surface area contributed by atoms with Crippen molar-refractivity contribution in [3.05, 3.63) is 64.9 Å². The van der Waals surface area contributed by atoms with Gasteiger partial charge in [0.25, 0.3) is 0 Å². The van der Waals surface area contributed by atoms with Crippen LogP contribution in [0.4, 0.5) is 10.1 Å². The van der Waals surface area contributed by atoms with Crippen LogP contribution in [-0.4, -0.2) is 6.21 Å². The highest BCUT2D eigenvalue weighted by molar-refractivity contribution is 6.30. The molecular formula is C13H9ClFN. The normalized spacial score (nSPS) is 10.9. The van der Waals surface area contributed by atoms with Crippen molar-refractivity contribution in [3.63, 3.8) is 0 Å². The standard InChI is InChI=1S/C13H9ClFN/c14-11-4-1-3-10(7-11)9-16-13-6-2-5-12(15)8-13/h1-9H/b16-9+. The molecule has 0 aliphatic rings. The number of aliphatic imine (C=N–C) groups is 1. The van der Waals surface area contributed by atoms with Gasteiger partial charge in [-0.3, -0.25) is 4.99 Å². The predicted molar refractivity (Wildman–Crippen MR) is 65.1 cm³/mol. The molecule has 0 bridgehead atoms. The first-order valence-corrected chi connectivity index (χ1v) is 5.17. The molecule has 2 aromatic carbocycles. The Kier molecular flexibility index (Phi) is 3.32. The lowest BCUT2D eigenvalue weighted by molar-refractivity contribution is 0.628. The predicted octanol–water partition coefficient (Wildman–Crippen LogP) is 4.23. The van der Waals surface area contributed by atoms with Gasteiger partial charge in [0, 0.05) is 11.2 Å². The Morgan fingerprint density at radius 3 is 2.62 bits per heavy atom. The van der Waals surface area contributed by atoms with Gasteiger partial charge in [0.1, 0.15) is 5.82 Å². The van der Waals surface area contributed by atoms with Gasteiger partial charge in [0.05, 0.1) is 5.69 Å². The van der Waals surface area contributed by atoms with E-state index in [-0.39, 0.29) is 5.82 Å². The van der Waals surface area contributed by atoms with Crippen LogP contribution in [0.2, 0.25) is 5.02 Å². The number of nitrogens with zero attached hydrogens (tertiary/aromatic N) is 1. The second kappa shape index (κ2) is 4.90. The summed E-state index contributed by atoms with van der Waals surface area (Å²) in [6.07, 6.45) is 1.65. The van der Waals surface area contributed by atoms with Crippen LogP contribution in [0, 0.1) is 5.82 Å². The third kappa shape index (κ3) is 2.91. The van der Waals surface area contributed by atoms with Crippen LogP contribution in [0.3, 0.4) is 0 Å². The van der Waals surface area contributed by atoms with E-state index in [9.17, 15) is 4.39 Å². The van der Waals surface area contributed by atoms with E-state index >= 15 is 0 Å². The summed E-state index contributed by atoms with van der Waals surface area (Å²) < 4.78 is 12.9. The third-order valence-electron chi connectivity index (χ3n) is 2.02. The molecule has 1 nitrogen and oxygen atoms in total. The molecule has 0 aliphatic heterocycles. The first kappa shape index (κ1) is 10.8. The number of hydrogen-bond donors (Lipinski definition) is 0. The summed E-state index contributed by atoms with van der Waals surface area (Å²) in [5.41, 5.74) is 1.47. The Balaban J connectivity index is 2.21. The maximum Gasteiger partial charge on any atom is 0.125 e. The van der Waals surface area contributed by atoms with Crippen LogP contribution in [-0.2, 0) is 0 Å². The van der Waals surface area contributed by atoms with Crippen LogP contribution in [0.15, 0.2) is 53.5 Å². The van der Waals surface area contributed by atoms with Crippen molar-refractivity contribution in [2.24, 2.45) is 4.99 Å². The fraction of sp³-hybridized carbons (Fsp3) is 0. The minimum atomic E-state index is -0.291. The Bertz CT molecular complexity index is 475. The molecule has 16 heavy (non-hydrogen) atoms. The Labute approximate surface area is 98.2 Å². The van der Waals surface area contributed by atoms with Crippen molar-refractivity contribution in [2.75, 3.05) is 0 Å². The molecule has 2 rings (SSSR count). The van der Waals surface area contributed by atoms with Crippen LogP contribution < -0.4 is 0 Å². The van der Waals surface area contributed by atoms with Gasteiger partial charge in [-0.2, -0.15) is 0 Å². The van der Waals surface area contributed by atoms with E-state index in [1.165, 1.54) is 12.1 Å². The molecule has 80 valence electrons. The van der Waals surface area contributed by atoms with Gasteiger partial charge in [-0.1, -0.05) is 29.8 Å². The molecule has 0 aromatic heterocycles. The van der Waals surface area contributed by atoms with E-state index in [2.05, 4.69) is 4.99 Å². The van der Waals surface area contributed by atoms with Gasteiger partial charge in [-0.05, 0) is 35.9 Å². The molecule has 0 radical (unpaired) electrons. The quantitative estimate of drug-likeness (QED) is 0.689. The third-order valence-corrected chi connectivity index (χ3v) is 2.25. The second-order valence-electron chi connectivity index (χ2n) is 3.29. The summed E-state index contributed by atoms with van der Waals surface area (Å²) >= 11 is 5.83. The summed E-state index contributed by atoms with van der Waals surface area (Å²) in [4.78, 5) is 4.15. The molecule has 0 N–H and O–H groups in total. The van der Waals surface area contributed by atoms with Gasteiger partial charge in [0.2, 0.25) is 0 Å². The molecule has 0 atom stereocenters. The average molecular weight is 234 g/mol. The van der Waals surface area contributed by atoms with Crippen molar-refractivity contribution in [3.8, 4) is 0 Å². The fourth-order valence-electron chi connectivity index (χ4n) is 1.29. The van der Waals surface area contributed by atoms with E-state index in [0.717, 1.165) is 5.56 Å². The van der Waals surface area contributed by atoms with Crippen LogP contribution in [0.5, 0.6) is 0 Å². The summed E-state index contributed by atoms with van der Waals surface area (Å²) in [6.45, 7) is 0. The summed E-state index contributed by atoms with van der Waals surface area (Å²) in [6, 6.07) is 13.4. The lowest BCUT2D eigenvalue weighted by atomic mass is 10.2. The minimum Gasteiger partial charge on any atom is -0.256 e. The van der Waals surface area contributed by atoms with Gasteiger partial charge >= 0.3 is 0 Å². The van der Waals surface area contributed by atoms with Crippen LogP contribution >= 0.6 is 11.6 Å². The van der Waals surface area contributed by atoms with Gasteiger partial charge in [0.15, 0.2) is 0 Å². The highest BCUT2D eigenvalue weighted by Crippen LogP contribution is 2.14. The Morgan fingerprint density at radius 1 is 1.06 bits per heavy atom. The molecule has 0 aliphatic carbocycles. The summed E-state index contributed by atoms with van der Waals surface area (Å²) in [5, 5.41) is 0.656. The Morgan fingerprint density at radius 2 is 1.88 bits per heavy atom. The molecule has 0 heterocycles. The van der Waals surface area contributed by atoms with Crippen molar-refractivity contribution < 1.29 is 4.39 Å². The zero-order chi connectivity index (χ0) is 11.4. The summed E-state index contributed by atoms with van der Waals surface area (Å²) in [7, 11) is 0. The molecule has 0 fully saturated rings. The second-order valence-corrected chi connectivity index (χ2v) is 3.73. The van der Waals surface area contributed by atoms with Crippen LogP contribution in [0.1, 0.15) is 5.56 Å². The molecule has 0 amide bonds. The highest BCUT2D eigenvalue weighted by Gasteiger charge is 1.92. The van der Waals surface area contributed by atoms with Crippen molar-refractivity contribution in [1.29, 1.82) is 0 Å². The highest BCUT2D eigenvalue weighted by atomic mass is 35.5. The lowest BCUT2D eigenvalue weighted by Crippen LogP contribution is -1.79.